The maximum atomic E-state index is 11.2. The molecule has 0 amide bonds. The molecule has 0 spiro atoms. The van der Waals surface area contributed by atoms with Crippen molar-refractivity contribution in [3.05, 3.63) is 23.8 Å². The van der Waals surface area contributed by atoms with Gasteiger partial charge in [-0.2, -0.15) is 5.26 Å². The summed E-state index contributed by atoms with van der Waals surface area (Å²) in [6, 6.07) is 6.84. The van der Waals surface area contributed by atoms with E-state index in [1.165, 1.54) is 6.07 Å². The van der Waals surface area contributed by atoms with Gasteiger partial charge < -0.3 is 15.7 Å². The summed E-state index contributed by atoms with van der Waals surface area (Å²) >= 11 is 0. The third kappa shape index (κ3) is 3.14. The van der Waals surface area contributed by atoms with Gasteiger partial charge in [-0.25, -0.2) is 4.79 Å². The van der Waals surface area contributed by atoms with Crippen molar-refractivity contribution in [1.29, 1.82) is 5.26 Å². The van der Waals surface area contributed by atoms with E-state index >= 15 is 0 Å². The number of benzene rings is 1. The average molecular weight is 247 g/mol. The van der Waals surface area contributed by atoms with Gasteiger partial charge in [-0.15, -0.1) is 0 Å². The number of carboxylic acids is 1. The standard InChI is InChI=1S/C13H17N3O2/c1-3-16(8-9(2)7-14)12-6-10(15)4-5-11(12)13(17)18/h4-6,9H,3,8,15H2,1-2H3,(H,17,18). The fourth-order valence-electron chi connectivity index (χ4n) is 1.76. The number of anilines is 2. The summed E-state index contributed by atoms with van der Waals surface area (Å²) in [7, 11) is 0. The quantitative estimate of drug-likeness (QED) is 0.776. The number of rotatable bonds is 5. The van der Waals surface area contributed by atoms with Gasteiger partial charge in [-0.3, -0.25) is 0 Å². The summed E-state index contributed by atoms with van der Waals surface area (Å²) in [5.74, 6) is -1.17. The maximum absolute atomic E-state index is 11.2. The molecular formula is C13H17N3O2. The van der Waals surface area contributed by atoms with Gasteiger partial charge in [0.25, 0.3) is 0 Å². The van der Waals surface area contributed by atoms with Crippen LogP contribution in [0, 0.1) is 17.2 Å². The molecule has 1 aromatic rings. The van der Waals surface area contributed by atoms with E-state index in [0.29, 0.717) is 24.5 Å². The molecule has 0 fully saturated rings. The lowest BCUT2D eigenvalue weighted by molar-refractivity contribution is 0.0697. The second kappa shape index (κ2) is 5.92. The van der Waals surface area contributed by atoms with E-state index < -0.39 is 5.97 Å². The molecule has 1 aromatic carbocycles. The number of carboxylic acid groups (broad SMARTS) is 1. The fourth-order valence-corrected chi connectivity index (χ4v) is 1.76. The second-order valence-corrected chi connectivity index (χ2v) is 4.15. The van der Waals surface area contributed by atoms with Crippen LogP contribution in [0.1, 0.15) is 24.2 Å². The summed E-state index contributed by atoms with van der Waals surface area (Å²) < 4.78 is 0. The first kappa shape index (κ1) is 13.8. The van der Waals surface area contributed by atoms with Gasteiger partial charge in [-0.1, -0.05) is 0 Å². The van der Waals surface area contributed by atoms with E-state index in [4.69, 9.17) is 16.1 Å². The molecule has 3 N–H and O–H groups in total. The lowest BCUT2D eigenvalue weighted by atomic mass is 10.1. The first-order valence-electron chi connectivity index (χ1n) is 5.77. The van der Waals surface area contributed by atoms with E-state index in [1.54, 1.807) is 19.1 Å². The zero-order chi connectivity index (χ0) is 13.7. The Morgan fingerprint density at radius 3 is 2.78 bits per heavy atom. The molecule has 0 aliphatic heterocycles. The van der Waals surface area contributed by atoms with Crippen LogP contribution in [0.3, 0.4) is 0 Å². The minimum atomic E-state index is -0.993. The monoisotopic (exact) mass is 247 g/mol. The number of hydrogen-bond donors (Lipinski definition) is 2. The normalized spacial score (nSPS) is 11.6. The van der Waals surface area contributed by atoms with Gasteiger partial charge >= 0.3 is 5.97 Å². The summed E-state index contributed by atoms with van der Waals surface area (Å²) in [6.45, 7) is 4.82. The van der Waals surface area contributed by atoms with Crippen LogP contribution in [-0.4, -0.2) is 24.2 Å². The van der Waals surface area contributed by atoms with Crippen LogP contribution in [0.15, 0.2) is 18.2 Å². The van der Waals surface area contributed by atoms with E-state index in [0.717, 1.165) is 0 Å². The third-order valence-electron chi connectivity index (χ3n) is 2.69. The molecule has 0 aliphatic rings. The van der Waals surface area contributed by atoms with Crippen LogP contribution in [-0.2, 0) is 0 Å². The van der Waals surface area contributed by atoms with Gasteiger partial charge in [0.15, 0.2) is 0 Å². The van der Waals surface area contributed by atoms with Crippen LogP contribution < -0.4 is 10.6 Å². The Labute approximate surface area is 106 Å². The predicted octanol–water partition coefficient (Wildman–Crippen LogP) is 1.95. The van der Waals surface area contributed by atoms with Crippen LogP contribution in [0.4, 0.5) is 11.4 Å². The fraction of sp³-hybridized carbons (Fsp3) is 0.385. The number of aromatic carboxylic acids is 1. The molecule has 5 heteroatoms. The summed E-state index contributed by atoms with van der Waals surface area (Å²) in [6.07, 6.45) is 0. The number of nitrogen functional groups attached to an aromatic ring is 1. The second-order valence-electron chi connectivity index (χ2n) is 4.15. The summed E-state index contributed by atoms with van der Waals surface area (Å²) in [5.41, 5.74) is 6.98. The highest BCUT2D eigenvalue weighted by Crippen LogP contribution is 2.24. The van der Waals surface area contributed by atoms with Crippen LogP contribution >= 0.6 is 0 Å². The predicted molar refractivity (Wildman–Crippen MR) is 70.5 cm³/mol. The summed E-state index contributed by atoms with van der Waals surface area (Å²) in [4.78, 5) is 13.0. The maximum Gasteiger partial charge on any atom is 0.337 e. The molecule has 1 atom stereocenters. The third-order valence-corrected chi connectivity index (χ3v) is 2.69. The van der Waals surface area contributed by atoms with Crippen LogP contribution in [0.5, 0.6) is 0 Å². The van der Waals surface area contributed by atoms with Crippen molar-refractivity contribution >= 4 is 17.3 Å². The molecule has 0 bridgehead atoms. The van der Waals surface area contributed by atoms with Crippen molar-refractivity contribution in [1.82, 2.24) is 0 Å². The SMILES string of the molecule is CCN(CC(C)C#N)c1cc(N)ccc1C(=O)O. The zero-order valence-corrected chi connectivity index (χ0v) is 10.6. The minimum Gasteiger partial charge on any atom is -0.478 e. The molecule has 0 saturated heterocycles. The van der Waals surface area contributed by atoms with Gasteiger partial charge in [0, 0.05) is 18.8 Å². The van der Waals surface area contributed by atoms with Crippen molar-refractivity contribution in [3.63, 3.8) is 0 Å². The van der Waals surface area contributed by atoms with Crippen LogP contribution in [0.2, 0.25) is 0 Å². The lowest BCUT2D eigenvalue weighted by Gasteiger charge is -2.26. The molecule has 0 saturated carbocycles. The van der Waals surface area contributed by atoms with Crippen molar-refractivity contribution in [2.45, 2.75) is 13.8 Å². The molecule has 0 heterocycles. The number of nitriles is 1. The topological polar surface area (TPSA) is 90.4 Å². The highest BCUT2D eigenvalue weighted by molar-refractivity contribution is 5.95. The molecule has 1 rings (SSSR count). The van der Waals surface area contributed by atoms with Gasteiger partial charge in [-0.05, 0) is 32.0 Å². The van der Waals surface area contributed by atoms with Crippen molar-refractivity contribution < 1.29 is 9.90 Å². The van der Waals surface area contributed by atoms with Gasteiger partial charge in [0.2, 0.25) is 0 Å². The van der Waals surface area contributed by atoms with E-state index in [9.17, 15) is 4.79 Å². The average Bonchev–Trinajstić information content (AvgIpc) is 2.35. The van der Waals surface area contributed by atoms with Crippen LogP contribution in [0.25, 0.3) is 0 Å². The Kier molecular flexibility index (Phi) is 4.55. The molecule has 5 nitrogen and oxygen atoms in total. The summed E-state index contributed by atoms with van der Waals surface area (Å²) in [5, 5.41) is 18.0. The Bertz CT molecular complexity index is 480. The first-order chi connectivity index (χ1) is 8.49. The molecular weight excluding hydrogens is 230 g/mol. The largest absolute Gasteiger partial charge is 0.478 e. The molecule has 0 aliphatic carbocycles. The Balaban J connectivity index is 3.15. The van der Waals surface area contributed by atoms with Crippen molar-refractivity contribution in [3.8, 4) is 6.07 Å². The van der Waals surface area contributed by atoms with E-state index in [-0.39, 0.29) is 11.5 Å². The molecule has 0 aromatic heterocycles. The number of hydrogen-bond acceptors (Lipinski definition) is 4. The number of nitrogens with two attached hydrogens (primary N) is 1. The molecule has 1 unspecified atom stereocenters. The lowest BCUT2D eigenvalue weighted by Crippen LogP contribution is -2.29. The number of nitrogens with zero attached hydrogens (tertiary/aromatic N) is 2. The van der Waals surface area contributed by atoms with Crippen molar-refractivity contribution in [2.75, 3.05) is 23.7 Å². The Morgan fingerprint density at radius 1 is 1.61 bits per heavy atom. The smallest absolute Gasteiger partial charge is 0.337 e. The van der Waals surface area contributed by atoms with Gasteiger partial charge in [0.1, 0.15) is 0 Å². The number of carbonyl (C=O) groups is 1. The van der Waals surface area contributed by atoms with E-state index in [1.807, 2.05) is 11.8 Å². The molecule has 18 heavy (non-hydrogen) atoms. The molecule has 96 valence electrons. The minimum absolute atomic E-state index is 0.173. The highest BCUT2D eigenvalue weighted by Gasteiger charge is 2.17. The first-order valence-corrected chi connectivity index (χ1v) is 5.77. The Hall–Kier alpha value is -2.22. The zero-order valence-electron chi connectivity index (χ0n) is 10.6. The Morgan fingerprint density at radius 2 is 2.28 bits per heavy atom. The van der Waals surface area contributed by atoms with Crippen molar-refractivity contribution in [2.24, 2.45) is 5.92 Å². The molecule has 0 radical (unpaired) electrons. The highest BCUT2D eigenvalue weighted by atomic mass is 16.4. The van der Waals surface area contributed by atoms with Gasteiger partial charge in [0.05, 0.1) is 23.2 Å². The van der Waals surface area contributed by atoms with E-state index in [2.05, 4.69) is 6.07 Å².